The van der Waals surface area contributed by atoms with Crippen molar-refractivity contribution < 1.29 is 17.9 Å². The van der Waals surface area contributed by atoms with E-state index in [9.17, 15) is 13.2 Å². The lowest BCUT2D eigenvalue weighted by molar-refractivity contribution is 0.0944. The summed E-state index contributed by atoms with van der Waals surface area (Å²) in [4.78, 5) is 12.2. The summed E-state index contributed by atoms with van der Waals surface area (Å²) in [5.41, 5.74) is 1.82. The zero-order valence-electron chi connectivity index (χ0n) is 12.2. The number of rotatable bonds is 4. The fourth-order valence-electron chi connectivity index (χ4n) is 2.30. The Kier molecular flexibility index (Phi) is 4.65. The van der Waals surface area contributed by atoms with Crippen molar-refractivity contribution in [3.63, 3.8) is 0 Å². The van der Waals surface area contributed by atoms with Crippen LogP contribution < -0.4 is 10.5 Å². The quantitative estimate of drug-likeness (QED) is 0.855. The number of benzene rings is 1. The zero-order chi connectivity index (χ0) is 15.6. The van der Waals surface area contributed by atoms with Crippen LogP contribution in [0.5, 0.6) is 0 Å². The van der Waals surface area contributed by atoms with Gasteiger partial charge in [0.25, 0.3) is 5.91 Å². The number of amides is 1. The first-order valence-electron chi connectivity index (χ1n) is 6.79. The second-order valence-electron chi connectivity index (χ2n) is 5.40. The number of nitrogens with one attached hydrogen (secondary N) is 1. The van der Waals surface area contributed by atoms with Crippen LogP contribution in [-0.2, 0) is 14.8 Å². The van der Waals surface area contributed by atoms with Crippen molar-refractivity contribution in [3.8, 4) is 0 Å². The van der Waals surface area contributed by atoms with Crippen LogP contribution >= 0.6 is 0 Å². The fourth-order valence-corrected chi connectivity index (χ4v) is 2.93. The van der Waals surface area contributed by atoms with Gasteiger partial charge in [-0.05, 0) is 43.5 Å². The molecule has 1 heterocycles. The molecule has 1 saturated heterocycles. The first-order valence-corrected chi connectivity index (χ1v) is 8.33. The lowest BCUT2D eigenvalue weighted by Gasteiger charge is -2.13. The van der Waals surface area contributed by atoms with Crippen molar-refractivity contribution >= 4 is 15.9 Å². The van der Waals surface area contributed by atoms with Crippen molar-refractivity contribution in [2.24, 2.45) is 11.1 Å². The molecular formula is C14H20N2O4S. The highest BCUT2D eigenvalue weighted by atomic mass is 32.2. The molecule has 2 rings (SSSR count). The van der Waals surface area contributed by atoms with Gasteiger partial charge in [-0.1, -0.05) is 0 Å². The Morgan fingerprint density at radius 3 is 2.71 bits per heavy atom. The van der Waals surface area contributed by atoms with Gasteiger partial charge >= 0.3 is 0 Å². The van der Waals surface area contributed by atoms with E-state index in [2.05, 4.69) is 5.32 Å². The molecule has 0 bridgehead atoms. The molecule has 0 spiro atoms. The maximum Gasteiger partial charge on any atom is 0.251 e. The molecule has 0 radical (unpaired) electrons. The van der Waals surface area contributed by atoms with E-state index < -0.39 is 10.0 Å². The lowest BCUT2D eigenvalue weighted by atomic mass is 10.0. The van der Waals surface area contributed by atoms with Crippen LogP contribution in [0.25, 0.3) is 0 Å². The van der Waals surface area contributed by atoms with E-state index in [-0.39, 0.29) is 10.8 Å². The minimum Gasteiger partial charge on any atom is -0.381 e. The van der Waals surface area contributed by atoms with Gasteiger partial charge in [-0.2, -0.15) is 0 Å². The maximum absolute atomic E-state index is 12.3. The Morgan fingerprint density at radius 2 is 2.14 bits per heavy atom. The van der Waals surface area contributed by atoms with E-state index in [1.807, 2.05) is 0 Å². The number of hydrogen-bond acceptors (Lipinski definition) is 4. The minimum atomic E-state index is -3.83. The first kappa shape index (κ1) is 15.9. The summed E-state index contributed by atoms with van der Waals surface area (Å²) in [6, 6.07) is 2.81. The third-order valence-electron chi connectivity index (χ3n) is 3.79. The predicted molar refractivity (Wildman–Crippen MR) is 78.5 cm³/mol. The second kappa shape index (κ2) is 6.13. The third kappa shape index (κ3) is 3.81. The minimum absolute atomic E-state index is 0.0417. The smallest absolute Gasteiger partial charge is 0.251 e. The standard InChI is InChI=1S/C14H20N2O4S/c1-9-5-12(21(15,18)19)6-13(10(9)2)14(17)16-7-11-3-4-20-8-11/h5-6,11H,3-4,7-8H2,1-2H3,(H,16,17)(H2,15,18,19). The molecule has 0 aliphatic carbocycles. The molecule has 0 saturated carbocycles. The Hall–Kier alpha value is -1.44. The average Bonchev–Trinajstić information content (AvgIpc) is 2.91. The molecule has 1 aliphatic rings. The highest BCUT2D eigenvalue weighted by Gasteiger charge is 2.20. The Morgan fingerprint density at radius 1 is 1.43 bits per heavy atom. The van der Waals surface area contributed by atoms with E-state index in [0.717, 1.165) is 24.2 Å². The molecule has 1 aliphatic heterocycles. The predicted octanol–water partition coefficient (Wildman–Crippen LogP) is 0.717. The number of aryl methyl sites for hydroxylation is 1. The van der Waals surface area contributed by atoms with Crippen LogP contribution in [0.1, 0.15) is 27.9 Å². The molecule has 7 heteroatoms. The van der Waals surface area contributed by atoms with Gasteiger partial charge in [-0.15, -0.1) is 0 Å². The molecule has 1 aromatic rings. The highest BCUT2D eigenvalue weighted by Crippen LogP contribution is 2.19. The summed E-state index contributed by atoms with van der Waals surface area (Å²) in [6.07, 6.45) is 0.926. The van der Waals surface area contributed by atoms with E-state index in [1.54, 1.807) is 13.8 Å². The number of sulfonamides is 1. The van der Waals surface area contributed by atoms with E-state index in [4.69, 9.17) is 9.88 Å². The SMILES string of the molecule is Cc1cc(S(N)(=O)=O)cc(C(=O)NCC2CCOC2)c1C. The maximum atomic E-state index is 12.3. The number of carbonyl (C=O) groups is 1. The summed E-state index contributed by atoms with van der Waals surface area (Å²) in [5, 5.41) is 7.98. The van der Waals surface area contributed by atoms with Gasteiger partial charge in [0, 0.05) is 24.6 Å². The number of nitrogens with two attached hydrogens (primary N) is 1. The highest BCUT2D eigenvalue weighted by molar-refractivity contribution is 7.89. The number of carbonyl (C=O) groups excluding carboxylic acids is 1. The summed E-state index contributed by atoms with van der Waals surface area (Å²) < 4.78 is 28.2. The van der Waals surface area contributed by atoms with E-state index in [0.29, 0.717) is 24.6 Å². The molecule has 116 valence electrons. The van der Waals surface area contributed by atoms with Gasteiger partial charge in [0.15, 0.2) is 0 Å². The average molecular weight is 312 g/mol. The Balaban J connectivity index is 2.21. The van der Waals surface area contributed by atoms with Gasteiger partial charge in [0.2, 0.25) is 10.0 Å². The van der Waals surface area contributed by atoms with Crippen LogP contribution in [0, 0.1) is 19.8 Å². The molecular weight excluding hydrogens is 292 g/mol. The molecule has 1 unspecified atom stereocenters. The van der Waals surface area contributed by atoms with Gasteiger partial charge in [0.05, 0.1) is 11.5 Å². The Labute approximate surface area is 124 Å². The van der Waals surface area contributed by atoms with E-state index >= 15 is 0 Å². The Bertz CT molecular complexity index is 649. The molecule has 1 fully saturated rings. The van der Waals surface area contributed by atoms with Gasteiger partial charge in [-0.25, -0.2) is 13.6 Å². The van der Waals surface area contributed by atoms with Gasteiger partial charge < -0.3 is 10.1 Å². The van der Waals surface area contributed by atoms with Crippen molar-refractivity contribution in [1.82, 2.24) is 5.32 Å². The number of primary sulfonamides is 1. The van der Waals surface area contributed by atoms with Crippen molar-refractivity contribution in [2.75, 3.05) is 19.8 Å². The molecule has 3 N–H and O–H groups in total. The second-order valence-corrected chi connectivity index (χ2v) is 6.96. The van der Waals surface area contributed by atoms with Crippen LogP contribution in [-0.4, -0.2) is 34.1 Å². The van der Waals surface area contributed by atoms with Crippen LogP contribution in [0.2, 0.25) is 0 Å². The van der Waals surface area contributed by atoms with Gasteiger partial charge in [0.1, 0.15) is 0 Å². The third-order valence-corrected chi connectivity index (χ3v) is 4.68. The van der Waals surface area contributed by atoms with Crippen molar-refractivity contribution in [1.29, 1.82) is 0 Å². The molecule has 0 aromatic heterocycles. The molecule has 1 atom stereocenters. The normalized spacial score (nSPS) is 18.7. The summed E-state index contributed by atoms with van der Waals surface area (Å²) in [7, 11) is -3.83. The molecule has 1 aromatic carbocycles. The monoisotopic (exact) mass is 312 g/mol. The topological polar surface area (TPSA) is 98.5 Å². The lowest BCUT2D eigenvalue weighted by Crippen LogP contribution is -2.30. The van der Waals surface area contributed by atoms with E-state index in [1.165, 1.54) is 12.1 Å². The first-order chi connectivity index (χ1) is 9.79. The van der Waals surface area contributed by atoms with Crippen LogP contribution in [0.15, 0.2) is 17.0 Å². The van der Waals surface area contributed by atoms with Crippen molar-refractivity contribution in [2.45, 2.75) is 25.2 Å². The van der Waals surface area contributed by atoms with Crippen LogP contribution in [0.4, 0.5) is 0 Å². The fraction of sp³-hybridized carbons (Fsp3) is 0.500. The van der Waals surface area contributed by atoms with Gasteiger partial charge in [-0.3, -0.25) is 4.79 Å². The zero-order valence-corrected chi connectivity index (χ0v) is 13.0. The summed E-state index contributed by atoms with van der Waals surface area (Å²) in [5.74, 6) is 0.0322. The summed E-state index contributed by atoms with van der Waals surface area (Å²) in [6.45, 7) is 5.44. The number of ether oxygens (including phenoxy) is 1. The summed E-state index contributed by atoms with van der Waals surface area (Å²) >= 11 is 0. The van der Waals surface area contributed by atoms with Crippen molar-refractivity contribution in [3.05, 3.63) is 28.8 Å². The van der Waals surface area contributed by atoms with Crippen LogP contribution in [0.3, 0.4) is 0 Å². The number of hydrogen-bond donors (Lipinski definition) is 2. The largest absolute Gasteiger partial charge is 0.381 e. The molecule has 21 heavy (non-hydrogen) atoms. The molecule has 1 amide bonds. The molecule has 6 nitrogen and oxygen atoms in total.